The highest BCUT2D eigenvalue weighted by Gasteiger charge is 2.09. The average molecular weight is 272 g/mol. The van der Waals surface area contributed by atoms with Crippen molar-refractivity contribution in [2.45, 2.75) is 6.92 Å². The number of hydrogen-bond acceptors (Lipinski definition) is 4. The van der Waals surface area contributed by atoms with Crippen LogP contribution in [-0.4, -0.2) is 20.0 Å². The molecule has 0 saturated carbocycles. The number of rotatable bonds is 3. The minimum atomic E-state index is -0.553. The zero-order valence-electron chi connectivity index (χ0n) is 11.6. The molecule has 1 N–H and O–H groups in total. The first-order chi connectivity index (χ1) is 9.47. The number of carbonyl (C=O) groups excluding carboxylic acids is 1. The molecule has 0 aliphatic heterocycles. The molecule has 2 aromatic rings. The summed E-state index contributed by atoms with van der Waals surface area (Å²) in [5.41, 5.74) is 1.06. The first kappa shape index (κ1) is 13.9. The number of anilines is 2. The van der Waals surface area contributed by atoms with E-state index in [1.54, 1.807) is 25.1 Å². The van der Waals surface area contributed by atoms with E-state index in [2.05, 4.69) is 5.32 Å². The monoisotopic (exact) mass is 272 g/mol. The van der Waals surface area contributed by atoms with Crippen molar-refractivity contribution in [3.63, 3.8) is 0 Å². The van der Waals surface area contributed by atoms with Crippen molar-refractivity contribution in [3.8, 4) is 0 Å². The van der Waals surface area contributed by atoms with Gasteiger partial charge in [-0.25, -0.2) is 4.79 Å². The number of nitrogens with one attached hydrogen (secondary N) is 1. The molecule has 1 heterocycles. The van der Waals surface area contributed by atoms with Crippen molar-refractivity contribution >= 4 is 17.3 Å². The Bertz CT molecular complexity index is 672. The zero-order chi connectivity index (χ0) is 14.7. The molecular formula is C15H16N2O3. The van der Waals surface area contributed by atoms with Crippen molar-refractivity contribution in [1.29, 1.82) is 0 Å². The summed E-state index contributed by atoms with van der Waals surface area (Å²) in [6.07, 6.45) is 0. The predicted octanol–water partition coefficient (Wildman–Crippen LogP) is 2.27. The molecular weight excluding hydrogens is 256 g/mol. The molecule has 5 nitrogen and oxygen atoms in total. The maximum Gasteiger partial charge on any atom is 0.359 e. The summed E-state index contributed by atoms with van der Waals surface area (Å²) in [7, 11) is 3.85. The number of aryl methyl sites for hydroxylation is 1. The van der Waals surface area contributed by atoms with Crippen LogP contribution in [0.15, 0.2) is 45.6 Å². The Hall–Kier alpha value is -2.56. The second-order valence-corrected chi connectivity index (χ2v) is 4.64. The quantitative estimate of drug-likeness (QED) is 0.931. The molecule has 1 aromatic carbocycles. The Kier molecular flexibility index (Phi) is 3.89. The van der Waals surface area contributed by atoms with Gasteiger partial charge in [-0.05, 0) is 43.3 Å². The van der Waals surface area contributed by atoms with Crippen LogP contribution < -0.4 is 15.8 Å². The van der Waals surface area contributed by atoms with E-state index in [0.717, 1.165) is 5.69 Å². The normalized spacial score (nSPS) is 10.2. The number of benzene rings is 1. The lowest BCUT2D eigenvalue weighted by atomic mass is 10.2. The molecule has 0 aliphatic carbocycles. The second-order valence-electron chi connectivity index (χ2n) is 4.64. The molecule has 0 spiro atoms. The Morgan fingerprint density at radius 3 is 2.30 bits per heavy atom. The minimum absolute atomic E-state index is 0.136. The number of hydrogen-bond donors (Lipinski definition) is 1. The van der Waals surface area contributed by atoms with Crippen molar-refractivity contribution in [2.75, 3.05) is 24.3 Å². The number of nitrogens with zero attached hydrogens (tertiary/aromatic N) is 1. The van der Waals surface area contributed by atoms with Gasteiger partial charge in [-0.2, -0.15) is 0 Å². The molecule has 0 fully saturated rings. The van der Waals surface area contributed by atoms with Gasteiger partial charge in [-0.15, -0.1) is 0 Å². The molecule has 20 heavy (non-hydrogen) atoms. The molecule has 1 aromatic heterocycles. The predicted molar refractivity (Wildman–Crippen MR) is 78.4 cm³/mol. The van der Waals surface area contributed by atoms with E-state index in [-0.39, 0.29) is 11.6 Å². The van der Waals surface area contributed by atoms with Crippen molar-refractivity contribution in [1.82, 2.24) is 0 Å². The van der Waals surface area contributed by atoms with Crippen LogP contribution in [0.5, 0.6) is 0 Å². The van der Waals surface area contributed by atoms with Gasteiger partial charge in [0.1, 0.15) is 11.4 Å². The Labute approximate surface area is 116 Å². The van der Waals surface area contributed by atoms with Crippen LogP contribution in [0.3, 0.4) is 0 Å². The molecule has 0 unspecified atom stereocenters. The van der Waals surface area contributed by atoms with Crippen LogP contribution >= 0.6 is 0 Å². The third-order valence-corrected chi connectivity index (χ3v) is 2.85. The van der Waals surface area contributed by atoms with Crippen molar-refractivity contribution < 1.29 is 9.21 Å². The molecule has 0 saturated heterocycles. The summed E-state index contributed by atoms with van der Waals surface area (Å²) in [6.45, 7) is 1.67. The van der Waals surface area contributed by atoms with Gasteiger partial charge in [0.2, 0.25) is 0 Å². The maximum absolute atomic E-state index is 12.0. The van der Waals surface area contributed by atoms with Gasteiger partial charge in [0.25, 0.3) is 5.91 Å². The van der Waals surface area contributed by atoms with Crippen LogP contribution in [0.4, 0.5) is 11.4 Å². The third kappa shape index (κ3) is 3.06. The van der Waals surface area contributed by atoms with E-state index in [9.17, 15) is 9.59 Å². The number of amides is 1. The molecule has 0 bridgehead atoms. The van der Waals surface area contributed by atoms with Gasteiger partial charge in [0, 0.05) is 25.3 Å². The molecule has 0 radical (unpaired) electrons. The van der Waals surface area contributed by atoms with E-state index in [1.165, 1.54) is 6.07 Å². The lowest BCUT2D eigenvalue weighted by molar-refractivity contribution is 0.102. The first-order valence-electron chi connectivity index (χ1n) is 6.17. The van der Waals surface area contributed by atoms with Crippen molar-refractivity contribution in [2.24, 2.45) is 0 Å². The largest absolute Gasteiger partial charge is 0.427 e. The van der Waals surface area contributed by atoms with Gasteiger partial charge in [0.05, 0.1) is 0 Å². The smallest absolute Gasteiger partial charge is 0.359 e. The van der Waals surface area contributed by atoms with E-state index >= 15 is 0 Å². The SMILES string of the molecule is Cc1ccc(NC(=O)c2ccc(N(C)C)cc2)c(=O)o1. The molecule has 5 heteroatoms. The summed E-state index contributed by atoms with van der Waals surface area (Å²) < 4.78 is 4.92. The highest BCUT2D eigenvalue weighted by Crippen LogP contribution is 2.13. The molecule has 1 amide bonds. The van der Waals surface area contributed by atoms with E-state index in [4.69, 9.17) is 4.42 Å². The standard InChI is InChI=1S/C15H16N2O3/c1-10-4-9-13(15(19)20-10)16-14(18)11-5-7-12(8-6-11)17(2)3/h4-9H,1-3H3,(H,16,18). The van der Waals surface area contributed by atoms with Crippen LogP contribution in [0.2, 0.25) is 0 Å². The average Bonchev–Trinajstić information content (AvgIpc) is 2.42. The fourth-order valence-corrected chi connectivity index (χ4v) is 1.70. The Balaban J connectivity index is 2.17. The summed E-state index contributed by atoms with van der Waals surface area (Å²) in [5.74, 6) is 0.162. The molecule has 0 atom stereocenters. The van der Waals surface area contributed by atoms with Crippen LogP contribution in [0.1, 0.15) is 16.1 Å². The van der Waals surface area contributed by atoms with Crippen LogP contribution in [-0.2, 0) is 0 Å². The van der Waals surface area contributed by atoms with Gasteiger partial charge in [0.15, 0.2) is 0 Å². The summed E-state index contributed by atoms with van der Waals surface area (Å²) in [6, 6.07) is 10.3. The highest BCUT2D eigenvalue weighted by atomic mass is 16.4. The third-order valence-electron chi connectivity index (χ3n) is 2.85. The lowest BCUT2D eigenvalue weighted by Crippen LogP contribution is -2.18. The lowest BCUT2D eigenvalue weighted by Gasteiger charge is -2.12. The van der Waals surface area contributed by atoms with E-state index in [1.807, 2.05) is 31.1 Å². The van der Waals surface area contributed by atoms with E-state index < -0.39 is 5.63 Å². The van der Waals surface area contributed by atoms with E-state index in [0.29, 0.717) is 11.3 Å². The fraction of sp³-hybridized carbons (Fsp3) is 0.200. The maximum atomic E-state index is 12.0. The molecule has 0 aliphatic rings. The first-order valence-corrected chi connectivity index (χ1v) is 6.17. The Morgan fingerprint density at radius 1 is 1.10 bits per heavy atom. The molecule has 2 rings (SSSR count). The summed E-state index contributed by atoms with van der Waals surface area (Å²) >= 11 is 0. The minimum Gasteiger partial charge on any atom is -0.427 e. The zero-order valence-corrected chi connectivity index (χ0v) is 11.6. The van der Waals surface area contributed by atoms with Crippen LogP contribution in [0.25, 0.3) is 0 Å². The van der Waals surface area contributed by atoms with Gasteiger partial charge in [-0.1, -0.05) is 0 Å². The summed E-state index contributed by atoms with van der Waals surface area (Å²) in [5, 5.41) is 2.54. The highest BCUT2D eigenvalue weighted by molar-refractivity contribution is 6.04. The van der Waals surface area contributed by atoms with Gasteiger partial charge < -0.3 is 14.6 Å². The number of carbonyl (C=O) groups is 1. The Morgan fingerprint density at radius 2 is 1.75 bits per heavy atom. The second kappa shape index (κ2) is 5.61. The molecule has 104 valence electrons. The topological polar surface area (TPSA) is 62.6 Å². The van der Waals surface area contributed by atoms with Crippen LogP contribution in [0, 0.1) is 6.92 Å². The van der Waals surface area contributed by atoms with Gasteiger partial charge >= 0.3 is 5.63 Å². The van der Waals surface area contributed by atoms with Gasteiger partial charge in [-0.3, -0.25) is 4.79 Å². The van der Waals surface area contributed by atoms with Crippen molar-refractivity contribution in [3.05, 3.63) is 58.1 Å². The fourth-order valence-electron chi connectivity index (χ4n) is 1.70. The summed E-state index contributed by atoms with van der Waals surface area (Å²) in [4.78, 5) is 25.5.